The first-order chi connectivity index (χ1) is 10.0. The van der Waals surface area contributed by atoms with E-state index < -0.39 is 18.5 Å². The molecule has 0 atom stereocenters. The predicted molar refractivity (Wildman–Crippen MR) is 75.5 cm³/mol. The summed E-state index contributed by atoms with van der Waals surface area (Å²) in [6.07, 6.45) is 1.29. The van der Waals surface area contributed by atoms with Gasteiger partial charge in [0.15, 0.2) is 6.61 Å². The number of carbonyl (C=O) groups excluding carboxylic acids is 2. The van der Waals surface area contributed by atoms with Gasteiger partial charge >= 0.3 is 5.97 Å². The zero-order valence-electron chi connectivity index (χ0n) is 10.8. The number of anilines is 2. The number of halogens is 1. The third-order valence-electron chi connectivity index (χ3n) is 2.32. The van der Waals surface area contributed by atoms with Gasteiger partial charge in [0.1, 0.15) is 12.9 Å². The average Bonchev–Trinajstić information content (AvgIpc) is 2.82. The van der Waals surface area contributed by atoms with Gasteiger partial charge in [0.25, 0.3) is 5.91 Å². The van der Waals surface area contributed by atoms with Crippen LogP contribution in [0.5, 0.6) is 0 Å². The molecule has 1 heterocycles. The van der Waals surface area contributed by atoms with E-state index in [1.165, 1.54) is 11.0 Å². The molecule has 1 aromatic carbocycles. The lowest BCUT2D eigenvalue weighted by Crippen LogP contribution is -2.23. The van der Waals surface area contributed by atoms with Crippen LogP contribution in [0, 0.1) is 0 Å². The number of nitrogens with one attached hydrogen (secondary N) is 1. The first-order valence-electron chi connectivity index (χ1n) is 5.89. The fraction of sp³-hybridized carbons (Fsp3) is 0.167. The van der Waals surface area contributed by atoms with Crippen LogP contribution >= 0.6 is 11.6 Å². The van der Waals surface area contributed by atoms with Gasteiger partial charge in [0, 0.05) is 10.7 Å². The maximum Gasteiger partial charge on any atom is 0.328 e. The standard InChI is InChI=1S/C12H12ClN5O3/c13-8-2-1-3-9(4-8)16-10(19)6-21-11(20)5-18-7-15-12(14)17-18/h1-4,7H,5-6H2,(H2,14,17)(H,16,19). The molecule has 0 aliphatic carbocycles. The highest BCUT2D eigenvalue weighted by molar-refractivity contribution is 6.30. The molecule has 0 saturated heterocycles. The van der Waals surface area contributed by atoms with Crippen molar-refractivity contribution in [2.24, 2.45) is 0 Å². The quantitative estimate of drug-likeness (QED) is 0.786. The summed E-state index contributed by atoms with van der Waals surface area (Å²) in [5.41, 5.74) is 5.83. The van der Waals surface area contributed by atoms with Gasteiger partial charge in [0.05, 0.1) is 0 Å². The van der Waals surface area contributed by atoms with Crippen LogP contribution in [0.2, 0.25) is 5.02 Å². The van der Waals surface area contributed by atoms with Crippen molar-refractivity contribution in [3.8, 4) is 0 Å². The Kier molecular flexibility index (Phi) is 4.72. The lowest BCUT2D eigenvalue weighted by Gasteiger charge is -2.06. The largest absolute Gasteiger partial charge is 0.454 e. The Hall–Kier alpha value is -2.61. The van der Waals surface area contributed by atoms with Crippen molar-refractivity contribution in [3.05, 3.63) is 35.6 Å². The Labute approximate surface area is 124 Å². The van der Waals surface area contributed by atoms with Crippen molar-refractivity contribution in [3.63, 3.8) is 0 Å². The van der Waals surface area contributed by atoms with Crippen molar-refractivity contribution < 1.29 is 14.3 Å². The summed E-state index contributed by atoms with van der Waals surface area (Å²) in [7, 11) is 0. The van der Waals surface area contributed by atoms with Crippen LogP contribution in [0.25, 0.3) is 0 Å². The normalized spacial score (nSPS) is 10.1. The molecule has 0 radical (unpaired) electrons. The first kappa shape index (κ1) is 14.8. The van der Waals surface area contributed by atoms with E-state index in [9.17, 15) is 9.59 Å². The van der Waals surface area contributed by atoms with Crippen molar-refractivity contribution in [2.75, 3.05) is 17.7 Å². The summed E-state index contributed by atoms with van der Waals surface area (Å²) < 4.78 is 6.02. The number of carbonyl (C=O) groups is 2. The zero-order valence-corrected chi connectivity index (χ0v) is 11.6. The number of hydrogen-bond acceptors (Lipinski definition) is 6. The van der Waals surface area contributed by atoms with Crippen molar-refractivity contribution in [1.82, 2.24) is 14.8 Å². The van der Waals surface area contributed by atoms with Crippen LogP contribution in [0.15, 0.2) is 30.6 Å². The second-order valence-electron chi connectivity index (χ2n) is 4.02. The van der Waals surface area contributed by atoms with E-state index in [2.05, 4.69) is 15.4 Å². The highest BCUT2D eigenvalue weighted by atomic mass is 35.5. The molecule has 21 heavy (non-hydrogen) atoms. The lowest BCUT2D eigenvalue weighted by molar-refractivity contribution is -0.148. The van der Waals surface area contributed by atoms with Gasteiger partial charge in [-0.05, 0) is 18.2 Å². The SMILES string of the molecule is Nc1ncn(CC(=O)OCC(=O)Nc2cccc(Cl)c2)n1. The molecule has 0 aliphatic rings. The Morgan fingerprint density at radius 3 is 2.90 bits per heavy atom. The Balaban J connectivity index is 1.77. The first-order valence-corrected chi connectivity index (χ1v) is 6.26. The van der Waals surface area contributed by atoms with Gasteiger partial charge < -0.3 is 15.8 Å². The van der Waals surface area contributed by atoms with Crippen LogP contribution in [-0.2, 0) is 20.9 Å². The monoisotopic (exact) mass is 309 g/mol. The number of ether oxygens (including phenoxy) is 1. The summed E-state index contributed by atoms with van der Waals surface area (Å²) in [6.45, 7) is -0.579. The molecule has 2 rings (SSSR count). The Morgan fingerprint density at radius 2 is 2.24 bits per heavy atom. The van der Waals surface area contributed by atoms with Gasteiger partial charge in [-0.1, -0.05) is 17.7 Å². The second kappa shape index (κ2) is 6.71. The molecule has 1 aromatic heterocycles. The van der Waals surface area contributed by atoms with Crippen LogP contribution in [0.3, 0.4) is 0 Å². The number of amides is 1. The number of nitrogens with two attached hydrogens (primary N) is 1. The zero-order chi connectivity index (χ0) is 15.2. The van der Waals surface area contributed by atoms with Crippen LogP contribution in [-0.4, -0.2) is 33.2 Å². The van der Waals surface area contributed by atoms with Crippen molar-refractivity contribution in [2.45, 2.75) is 6.54 Å². The molecular weight excluding hydrogens is 298 g/mol. The van der Waals surface area contributed by atoms with Crippen LogP contribution in [0.1, 0.15) is 0 Å². The molecule has 0 fully saturated rings. The highest BCUT2D eigenvalue weighted by Gasteiger charge is 2.09. The maximum absolute atomic E-state index is 11.6. The smallest absolute Gasteiger partial charge is 0.328 e. The molecular formula is C12H12ClN5O3. The minimum Gasteiger partial charge on any atom is -0.454 e. The number of nitrogen functional groups attached to an aromatic ring is 1. The van der Waals surface area contributed by atoms with Gasteiger partial charge in [0.2, 0.25) is 5.95 Å². The van der Waals surface area contributed by atoms with Crippen molar-refractivity contribution >= 4 is 35.1 Å². The molecule has 9 heteroatoms. The molecule has 2 aromatic rings. The maximum atomic E-state index is 11.6. The van der Waals surface area contributed by atoms with E-state index in [1.807, 2.05) is 0 Å². The van der Waals surface area contributed by atoms with E-state index in [0.29, 0.717) is 10.7 Å². The van der Waals surface area contributed by atoms with E-state index in [1.54, 1.807) is 24.3 Å². The highest BCUT2D eigenvalue weighted by Crippen LogP contribution is 2.14. The molecule has 3 N–H and O–H groups in total. The average molecular weight is 310 g/mol. The van der Waals surface area contributed by atoms with Crippen molar-refractivity contribution in [1.29, 1.82) is 0 Å². The van der Waals surface area contributed by atoms with Crippen LogP contribution < -0.4 is 11.1 Å². The third kappa shape index (κ3) is 4.77. The molecule has 0 spiro atoms. The molecule has 1 amide bonds. The molecule has 0 unspecified atom stereocenters. The van der Waals surface area contributed by atoms with Crippen LogP contribution in [0.4, 0.5) is 11.6 Å². The number of hydrogen-bond donors (Lipinski definition) is 2. The summed E-state index contributed by atoms with van der Waals surface area (Å²) in [6, 6.07) is 6.63. The number of benzene rings is 1. The molecule has 8 nitrogen and oxygen atoms in total. The van der Waals surface area contributed by atoms with Gasteiger partial charge in [-0.3, -0.25) is 9.59 Å². The van der Waals surface area contributed by atoms with E-state index in [-0.39, 0.29) is 12.5 Å². The second-order valence-corrected chi connectivity index (χ2v) is 4.46. The topological polar surface area (TPSA) is 112 Å². The molecule has 0 saturated carbocycles. The minimum atomic E-state index is -0.624. The van der Waals surface area contributed by atoms with E-state index >= 15 is 0 Å². The Bertz CT molecular complexity index is 658. The van der Waals surface area contributed by atoms with Gasteiger partial charge in [-0.25, -0.2) is 9.67 Å². The predicted octanol–water partition coefficient (Wildman–Crippen LogP) is 0.696. The number of aromatic nitrogens is 3. The summed E-state index contributed by atoms with van der Waals surface area (Å²) in [5, 5.41) is 6.77. The lowest BCUT2D eigenvalue weighted by atomic mass is 10.3. The summed E-state index contributed by atoms with van der Waals surface area (Å²) in [4.78, 5) is 26.7. The molecule has 0 aliphatic heterocycles. The van der Waals surface area contributed by atoms with E-state index in [0.717, 1.165) is 0 Å². The molecule has 110 valence electrons. The number of rotatable bonds is 5. The summed E-state index contributed by atoms with van der Waals surface area (Å²) >= 11 is 5.79. The van der Waals surface area contributed by atoms with Gasteiger partial charge in [-0.2, -0.15) is 0 Å². The van der Waals surface area contributed by atoms with Gasteiger partial charge in [-0.15, -0.1) is 5.10 Å². The Morgan fingerprint density at radius 1 is 1.43 bits per heavy atom. The number of esters is 1. The fourth-order valence-corrected chi connectivity index (χ4v) is 1.66. The molecule has 0 bridgehead atoms. The summed E-state index contributed by atoms with van der Waals surface area (Å²) in [5.74, 6) is -1.04. The third-order valence-corrected chi connectivity index (χ3v) is 2.55. The number of nitrogens with zero attached hydrogens (tertiary/aromatic N) is 3. The fourth-order valence-electron chi connectivity index (χ4n) is 1.47. The minimum absolute atomic E-state index is 0.0569. The van der Waals surface area contributed by atoms with E-state index in [4.69, 9.17) is 22.1 Å².